The fourth-order valence-electron chi connectivity index (χ4n) is 1.76. The SMILES string of the molecule is CCNc1cc(Nc2cc(Br)ccc2F)nc(COC)n1. The Labute approximate surface area is 131 Å². The van der Waals surface area contributed by atoms with Gasteiger partial charge >= 0.3 is 0 Å². The molecule has 0 aliphatic carbocycles. The minimum Gasteiger partial charge on any atom is -0.377 e. The van der Waals surface area contributed by atoms with Crippen LogP contribution in [0.3, 0.4) is 0 Å². The molecule has 0 atom stereocenters. The van der Waals surface area contributed by atoms with Crippen molar-refractivity contribution in [2.75, 3.05) is 24.3 Å². The van der Waals surface area contributed by atoms with Crippen LogP contribution in [-0.4, -0.2) is 23.6 Å². The summed E-state index contributed by atoms with van der Waals surface area (Å²) in [4.78, 5) is 8.61. The predicted molar refractivity (Wildman–Crippen MR) is 84.3 cm³/mol. The molecule has 2 aromatic rings. The number of anilines is 3. The minimum absolute atomic E-state index is 0.287. The summed E-state index contributed by atoms with van der Waals surface area (Å²) < 4.78 is 19.6. The molecule has 21 heavy (non-hydrogen) atoms. The van der Waals surface area contributed by atoms with Gasteiger partial charge in [-0.25, -0.2) is 14.4 Å². The molecule has 112 valence electrons. The second-order valence-electron chi connectivity index (χ2n) is 4.27. The van der Waals surface area contributed by atoms with Gasteiger partial charge in [0.15, 0.2) is 5.82 Å². The molecule has 0 spiro atoms. The molecule has 0 radical (unpaired) electrons. The highest BCUT2D eigenvalue weighted by Gasteiger charge is 2.08. The van der Waals surface area contributed by atoms with Crippen LogP contribution in [-0.2, 0) is 11.3 Å². The summed E-state index contributed by atoms with van der Waals surface area (Å²) in [6.07, 6.45) is 0. The van der Waals surface area contributed by atoms with Crippen molar-refractivity contribution in [3.8, 4) is 0 Å². The van der Waals surface area contributed by atoms with Gasteiger partial charge in [-0.1, -0.05) is 15.9 Å². The number of benzene rings is 1. The maximum atomic E-state index is 13.8. The van der Waals surface area contributed by atoms with Crippen LogP contribution >= 0.6 is 15.9 Å². The van der Waals surface area contributed by atoms with Crippen LogP contribution in [0.2, 0.25) is 0 Å². The predicted octanol–water partition coefficient (Wildman–Crippen LogP) is 3.70. The van der Waals surface area contributed by atoms with Gasteiger partial charge in [-0.05, 0) is 25.1 Å². The highest BCUT2D eigenvalue weighted by atomic mass is 79.9. The van der Waals surface area contributed by atoms with E-state index in [0.717, 1.165) is 11.0 Å². The second-order valence-corrected chi connectivity index (χ2v) is 5.18. The monoisotopic (exact) mass is 354 g/mol. The van der Waals surface area contributed by atoms with Gasteiger partial charge in [-0.2, -0.15) is 0 Å². The Balaban J connectivity index is 2.31. The zero-order valence-electron chi connectivity index (χ0n) is 11.8. The van der Waals surface area contributed by atoms with Crippen molar-refractivity contribution in [2.45, 2.75) is 13.5 Å². The van der Waals surface area contributed by atoms with Gasteiger partial charge in [0.05, 0.1) is 5.69 Å². The summed E-state index contributed by atoms with van der Waals surface area (Å²) in [7, 11) is 1.57. The topological polar surface area (TPSA) is 59.1 Å². The van der Waals surface area contributed by atoms with Gasteiger partial charge in [0.2, 0.25) is 0 Å². The van der Waals surface area contributed by atoms with Gasteiger partial charge in [0.1, 0.15) is 24.1 Å². The Morgan fingerprint density at radius 2 is 2.00 bits per heavy atom. The molecule has 0 aliphatic heterocycles. The van der Waals surface area contributed by atoms with Crippen molar-refractivity contribution < 1.29 is 9.13 Å². The molecular weight excluding hydrogens is 339 g/mol. The van der Waals surface area contributed by atoms with E-state index in [2.05, 4.69) is 36.5 Å². The Morgan fingerprint density at radius 3 is 2.71 bits per heavy atom. The van der Waals surface area contributed by atoms with Crippen LogP contribution in [0.15, 0.2) is 28.7 Å². The number of halogens is 2. The molecule has 2 N–H and O–H groups in total. The number of rotatable bonds is 6. The third-order valence-electron chi connectivity index (χ3n) is 2.59. The maximum absolute atomic E-state index is 13.8. The third-order valence-corrected chi connectivity index (χ3v) is 3.09. The zero-order valence-corrected chi connectivity index (χ0v) is 13.4. The van der Waals surface area contributed by atoms with Crippen LogP contribution in [0.25, 0.3) is 0 Å². The molecule has 1 aromatic carbocycles. The van der Waals surface area contributed by atoms with Crippen molar-refractivity contribution in [3.05, 3.63) is 40.4 Å². The molecule has 5 nitrogen and oxygen atoms in total. The van der Waals surface area contributed by atoms with Crippen molar-refractivity contribution in [2.24, 2.45) is 0 Å². The largest absolute Gasteiger partial charge is 0.377 e. The van der Waals surface area contributed by atoms with E-state index in [1.54, 1.807) is 25.3 Å². The standard InChI is InChI=1S/C14H16BrFN4O/c1-3-17-12-7-13(20-14(19-12)8-21-2)18-11-6-9(15)4-5-10(11)16/h4-7H,3,8H2,1-2H3,(H2,17,18,19,20). The van der Waals surface area contributed by atoms with E-state index in [9.17, 15) is 4.39 Å². The Kier molecular flexibility index (Phi) is 5.46. The second kappa shape index (κ2) is 7.33. The summed E-state index contributed by atoms with van der Waals surface area (Å²) in [5.41, 5.74) is 0.342. The molecule has 1 heterocycles. The molecule has 1 aromatic heterocycles. The van der Waals surface area contributed by atoms with Crippen molar-refractivity contribution in [1.82, 2.24) is 9.97 Å². The summed E-state index contributed by atoms with van der Waals surface area (Å²) in [5, 5.41) is 6.07. The average molecular weight is 355 g/mol. The number of nitrogens with zero attached hydrogens (tertiary/aromatic N) is 2. The fourth-order valence-corrected chi connectivity index (χ4v) is 2.12. The lowest BCUT2D eigenvalue weighted by Gasteiger charge is -2.11. The number of hydrogen-bond acceptors (Lipinski definition) is 5. The molecule has 0 saturated carbocycles. The molecule has 0 aliphatic rings. The van der Waals surface area contributed by atoms with E-state index in [4.69, 9.17) is 4.74 Å². The first-order chi connectivity index (χ1) is 10.1. The van der Waals surface area contributed by atoms with E-state index in [0.29, 0.717) is 23.1 Å². The first-order valence-electron chi connectivity index (χ1n) is 6.45. The van der Waals surface area contributed by atoms with Gasteiger partial charge < -0.3 is 15.4 Å². The van der Waals surface area contributed by atoms with E-state index < -0.39 is 0 Å². The van der Waals surface area contributed by atoms with Crippen LogP contribution in [0, 0.1) is 5.82 Å². The van der Waals surface area contributed by atoms with E-state index >= 15 is 0 Å². The smallest absolute Gasteiger partial charge is 0.158 e. The lowest BCUT2D eigenvalue weighted by molar-refractivity contribution is 0.178. The highest BCUT2D eigenvalue weighted by Crippen LogP contribution is 2.24. The third kappa shape index (κ3) is 4.37. The zero-order chi connectivity index (χ0) is 15.2. The van der Waals surface area contributed by atoms with Crippen LogP contribution in [0.4, 0.5) is 21.7 Å². The average Bonchev–Trinajstić information content (AvgIpc) is 2.43. The Bertz CT molecular complexity index is 600. The van der Waals surface area contributed by atoms with Crippen LogP contribution < -0.4 is 10.6 Å². The lowest BCUT2D eigenvalue weighted by atomic mass is 10.3. The fraction of sp³-hybridized carbons (Fsp3) is 0.286. The highest BCUT2D eigenvalue weighted by molar-refractivity contribution is 9.10. The summed E-state index contributed by atoms with van der Waals surface area (Å²) in [5.74, 6) is 1.34. The van der Waals surface area contributed by atoms with E-state index in [1.165, 1.54) is 6.07 Å². The van der Waals surface area contributed by atoms with Crippen molar-refractivity contribution in [1.29, 1.82) is 0 Å². The van der Waals surface area contributed by atoms with Gasteiger partial charge in [-0.15, -0.1) is 0 Å². The molecule has 0 amide bonds. The Hall–Kier alpha value is -1.73. The molecule has 0 saturated heterocycles. The summed E-state index contributed by atoms with van der Waals surface area (Å²) >= 11 is 3.32. The molecule has 0 unspecified atom stereocenters. The van der Waals surface area contributed by atoms with Gasteiger partial charge in [0.25, 0.3) is 0 Å². The molecule has 7 heteroatoms. The number of hydrogen-bond donors (Lipinski definition) is 2. The van der Waals surface area contributed by atoms with Crippen LogP contribution in [0.1, 0.15) is 12.7 Å². The first-order valence-corrected chi connectivity index (χ1v) is 7.24. The first kappa shape index (κ1) is 15.7. The molecule has 0 fully saturated rings. The summed E-state index contributed by atoms with van der Waals surface area (Å²) in [6.45, 7) is 2.99. The minimum atomic E-state index is -0.352. The molecule has 0 bridgehead atoms. The van der Waals surface area contributed by atoms with Crippen LogP contribution in [0.5, 0.6) is 0 Å². The lowest BCUT2D eigenvalue weighted by Crippen LogP contribution is -2.07. The normalized spacial score (nSPS) is 10.5. The van der Waals surface area contributed by atoms with Crippen molar-refractivity contribution in [3.63, 3.8) is 0 Å². The number of methoxy groups -OCH3 is 1. The van der Waals surface area contributed by atoms with Crippen molar-refractivity contribution >= 4 is 33.3 Å². The summed E-state index contributed by atoms with van der Waals surface area (Å²) in [6, 6.07) is 6.40. The van der Waals surface area contributed by atoms with Gasteiger partial charge in [0, 0.05) is 24.2 Å². The maximum Gasteiger partial charge on any atom is 0.158 e. The number of ether oxygens (including phenoxy) is 1. The number of aromatic nitrogens is 2. The van der Waals surface area contributed by atoms with E-state index in [1.807, 2.05) is 6.92 Å². The Morgan fingerprint density at radius 1 is 1.24 bits per heavy atom. The van der Waals surface area contributed by atoms with E-state index in [-0.39, 0.29) is 12.4 Å². The molecule has 2 rings (SSSR count). The van der Waals surface area contributed by atoms with Gasteiger partial charge in [-0.3, -0.25) is 0 Å². The molecular formula is C14H16BrFN4O. The number of nitrogens with one attached hydrogen (secondary N) is 2. The quantitative estimate of drug-likeness (QED) is 0.828.